The Bertz CT molecular complexity index is 1070. The van der Waals surface area contributed by atoms with Crippen LogP contribution in [0.2, 0.25) is 5.02 Å². The largest absolute Gasteiger partial charge is 0.483 e. The quantitative estimate of drug-likeness (QED) is 0.415. The van der Waals surface area contributed by atoms with Gasteiger partial charge in [-0.2, -0.15) is 0 Å². The minimum absolute atomic E-state index is 0.175. The summed E-state index contributed by atoms with van der Waals surface area (Å²) < 4.78 is 8.43. The first-order chi connectivity index (χ1) is 13.1. The van der Waals surface area contributed by atoms with E-state index in [4.69, 9.17) is 21.3 Å². The highest BCUT2D eigenvalue weighted by Crippen LogP contribution is 2.26. The number of ether oxygens (including phenoxy) is 1. The van der Waals surface area contributed by atoms with Crippen molar-refractivity contribution in [2.24, 2.45) is 0 Å². The van der Waals surface area contributed by atoms with E-state index in [9.17, 15) is 0 Å². The Kier molecular flexibility index (Phi) is 4.87. The molecule has 3 aromatic carbocycles. The standard InChI is InChI=1S/C23H21ClN2O/c1-16-6-5-7-20(14-16)27-17(2)23-25-21-8-3-4-9-22(21)26(23)15-18-10-12-19(24)13-11-18/h3-14,17H,15H2,1-2H3. The van der Waals surface area contributed by atoms with Crippen LogP contribution in [0.25, 0.3) is 11.0 Å². The molecule has 0 aliphatic heterocycles. The van der Waals surface area contributed by atoms with Crippen LogP contribution < -0.4 is 4.74 Å². The molecule has 0 aliphatic carbocycles. The molecule has 0 radical (unpaired) electrons. The van der Waals surface area contributed by atoms with E-state index in [0.29, 0.717) is 6.54 Å². The molecular formula is C23H21ClN2O. The summed E-state index contributed by atoms with van der Waals surface area (Å²) in [6.07, 6.45) is -0.175. The highest BCUT2D eigenvalue weighted by molar-refractivity contribution is 6.30. The summed E-state index contributed by atoms with van der Waals surface area (Å²) in [7, 11) is 0. The van der Waals surface area contributed by atoms with Gasteiger partial charge >= 0.3 is 0 Å². The number of nitrogens with zero attached hydrogens (tertiary/aromatic N) is 2. The summed E-state index contributed by atoms with van der Waals surface area (Å²) >= 11 is 6.03. The lowest BCUT2D eigenvalue weighted by Gasteiger charge is -2.17. The predicted octanol–water partition coefficient (Wildman–Crippen LogP) is 6.19. The van der Waals surface area contributed by atoms with E-state index in [2.05, 4.69) is 23.6 Å². The number of aryl methyl sites for hydroxylation is 1. The summed E-state index contributed by atoms with van der Waals surface area (Å²) in [5, 5.41) is 0.741. The summed E-state index contributed by atoms with van der Waals surface area (Å²) in [5.74, 6) is 1.76. The SMILES string of the molecule is Cc1cccc(OC(C)c2nc3ccccc3n2Cc2ccc(Cl)cc2)c1. The number of fused-ring (bicyclic) bond motifs is 1. The zero-order valence-electron chi connectivity index (χ0n) is 15.4. The Balaban J connectivity index is 1.71. The van der Waals surface area contributed by atoms with Crippen molar-refractivity contribution in [1.29, 1.82) is 0 Å². The molecule has 0 amide bonds. The van der Waals surface area contributed by atoms with Crippen LogP contribution in [0.3, 0.4) is 0 Å². The van der Waals surface area contributed by atoms with Crippen molar-refractivity contribution < 1.29 is 4.74 Å². The molecule has 4 rings (SSSR count). The molecule has 27 heavy (non-hydrogen) atoms. The smallest absolute Gasteiger partial charge is 0.153 e. The van der Waals surface area contributed by atoms with Gasteiger partial charge in [-0.05, 0) is 61.4 Å². The molecule has 0 saturated heterocycles. The topological polar surface area (TPSA) is 27.1 Å². The molecule has 1 atom stereocenters. The fourth-order valence-corrected chi connectivity index (χ4v) is 3.41. The van der Waals surface area contributed by atoms with Crippen molar-refractivity contribution in [3.63, 3.8) is 0 Å². The lowest BCUT2D eigenvalue weighted by molar-refractivity contribution is 0.212. The number of halogens is 1. The summed E-state index contributed by atoms with van der Waals surface area (Å²) in [6, 6.07) is 24.2. The highest BCUT2D eigenvalue weighted by atomic mass is 35.5. The predicted molar refractivity (Wildman–Crippen MR) is 111 cm³/mol. The van der Waals surface area contributed by atoms with Crippen LogP contribution in [-0.2, 0) is 6.54 Å². The maximum absolute atomic E-state index is 6.20. The van der Waals surface area contributed by atoms with E-state index >= 15 is 0 Å². The van der Waals surface area contributed by atoms with Crippen molar-refractivity contribution in [2.45, 2.75) is 26.5 Å². The van der Waals surface area contributed by atoms with Gasteiger partial charge in [0.2, 0.25) is 0 Å². The highest BCUT2D eigenvalue weighted by Gasteiger charge is 2.18. The Morgan fingerprint density at radius 3 is 2.56 bits per heavy atom. The van der Waals surface area contributed by atoms with Crippen LogP contribution in [0, 0.1) is 6.92 Å². The van der Waals surface area contributed by atoms with E-state index in [1.165, 1.54) is 11.1 Å². The van der Waals surface area contributed by atoms with Crippen molar-refractivity contribution in [2.75, 3.05) is 0 Å². The first-order valence-electron chi connectivity index (χ1n) is 9.03. The van der Waals surface area contributed by atoms with E-state index in [-0.39, 0.29) is 6.10 Å². The van der Waals surface area contributed by atoms with Gasteiger partial charge in [0.15, 0.2) is 11.9 Å². The van der Waals surface area contributed by atoms with Gasteiger partial charge in [0.1, 0.15) is 5.75 Å². The van der Waals surface area contributed by atoms with Gasteiger partial charge in [-0.1, -0.05) is 48.0 Å². The fourth-order valence-electron chi connectivity index (χ4n) is 3.29. The molecule has 3 nitrogen and oxygen atoms in total. The number of rotatable bonds is 5. The van der Waals surface area contributed by atoms with Crippen LogP contribution >= 0.6 is 11.6 Å². The molecule has 0 saturated carbocycles. The van der Waals surface area contributed by atoms with Crippen LogP contribution in [0.15, 0.2) is 72.8 Å². The first-order valence-corrected chi connectivity index (χ1v) is 9.41. The number of hydrogen-bond donors (Lipinski definition) is 0. The Hall–Kier alpha value is -2.78. The first kappa shape index (κ1) is 17.6. The lowest BCUT2D eigenvalue weighted by Crippen LogP contribution is -2.12. The molecule has 0 fully saturated rings. The van der Waals surface area contributed by atoms with Gasteiger partial charge in [0.05, 0.1) is 11.0 Å². The second-order valence-corrected chi connectivity index (χ2v) is 7.18. The number of aromatic nitrogens is 2. The third kappa shape index (κ3) is 3.83. The normalized spacial score (nSPS) is 12.3. The second-order valence-electron chi connectivity index (χ2n) is 6.75. The average Bonchev–Trinajstić information content (AvgIpc) is 3.02. The van der Waals surface area contributed by atoms with Crippen LogP contribution in [0.1, 0.15) is 30.0 Å². The number of imidazole rings is 1. The zero-order chi connectivity index (χ0) is 18.8. The minimum atomic E-state index is -0.175. The van der Waals surface area contributed by atoms with E-state index in [0.717, 1.165) is 27.6 Å². The van der Waals surface area contributed by atoms with Gasteiger partial charge in [-0.3, -0.25) is 0 Å². The maximum atomic E-state index is 6.20. The van der Waals surface area contributed by atoms with E-state index in [1.807, 2.05) is 67.6 Å². The van der Waals surface area contributed by atoms with Crippen LogP contribution in [0.4, 0.5) is 0 Å². The van der Waals surface area contributed by atoms with Crippen molar-refractivity contribution in [3.8, 4) is 5.75 Å². The van der Waals surface area contributed by atoms with Crippen LogP contribution in [-0.4, -0.2) is 9.55 Å². The third-order valence-corrected chi connectivity index (χ3v) is 4.86. The molecule has 0 spiro atoms. The van der Waals surface area contributed by atoms with Crippen molar-refractivity contribution in [3.05, 3.63) is 94.8 Å². The van der Waals surface area contributed by atoms with Gasteiger partial charge in [0.25, 0.3) is 0 Å². The van der Waals surface area contributed by atoms with Crippen molar-refractivity contribution >= 4 is 22.6 Å². The number of para-hydroxylation sites is 2. The lowest BCUT2D eigenvalue weighted by atomic mass is 10.2. The molecule has 4 aromatic rings. The Morgan fingerprint density at radius 1 is 1.00 bits per heavy atom. The molecule has 0 N–H and O–H groups in total. The van der Waals surface area contributed by atoms with Gasteiger partial charge in [0, 0.05) is 11.6 Å². The third-order valence-electron chi connectivity index (χ3n) is 4.60. The average molecular weight is 377 g/mol. The second kappa shape index (κ2) is 7.45. The number of benzene rings is 3. The van der Waals surface area contributed by atoms with Crippen molar-refractivity contribution in [1.82, 2.24) is 9.55 Å². The van der Waals surface area contributed by atoms with Gasteiger partial charge < -0.3 is 9.30 Å². The Labute approximate surface area is 164 Å². The molecule has 1 aromatic heterocycles. The minimum Gasteiger partial charge on any atom is -0.483 e. The van der Waals surface area contributed by atoms with E-state index < -0.39 is 0 Å². The summed E-state index contributed by atoms with van der Waals surface area (Å²) in [6.45, 7) is 4.82. The summed E-state index contributed by atoms with van der Waals surface area (Å²) in [5.41, 5.74) is 4.42. The monoisotopic (exact) mass is 376 g/mol. The molecule has 0 bridgehead atoms. The molecule has 1 unspecified atom stereocenters. The van der Waals surface area contributed by atoms with Gasteiger partial charge in [-0.25, -0.2) is 4.98 Å². The summed E-state index contributed by atoms with van der Waals surface area (Å²) in [4.78, 5) is 4.86. The van der Waals surface area contributed by atoms with Crippen LogP contribution in [0.5, 0.6) is 5.75 Å². The maximum Gasteiger partial charge on any atom is 0.153 e. The van der Waals surface area contributed by atoms with Gasteiger partial charge in [-0.15, -0.1) is 0 Å². The zero-order valence-corrected chi connectivity index (χ0v) is 16.1. The molecule has 1 heterocycles. The molecule has 0 aliphatic rings. The molecule has 136 valence electrons. The number of hydrogen-bond acceptors (Lipinski definition) is 2. The van der Waals surface area contributed by atoms with E-state index in [1.54, 1.807) is 0 Å². The molecule has 4 heteroatoms. The fraction of sp³-hybridized carbons (Fsp3) is 0.174. The Morgan fingerprint density at radius 2 is 1.78 bits per heavy atom. The molecular weight excluding hydrogens is 356 g/mol.